The summed E-state index contributed by atoms with van der Waals surface area (Å²) in [5.74, 6) is 0.372. The number of carboxylic acid groups (broad SMARTS) is 1. The summed E-state index contributed by atoms with van der Waals surface area (Å²) in [4.78, 5) is 10.7. The third kappa shape index (κ3) is 2.77. The van der Waals surface area contributed by atoms with Gasteiger partial charge in [0.2, 0.25) is 0 Å². The first-order valence-corrected chi connectivity index (χ1v) is 5.42. The molecule has 0 fully saturated rings. The summed E-state index contributed by atoms with van der Waals surface area (Å²) in [6, 6.07) is 16.2. The Labute approximate surface area is 105 Å². The third-order valence-corrected chi connectivity index (χ3v) is 2.44. The molecule has 90 valence electrons. The molecule has 3 nitrogen and oxygen atoms in total. The van der Waals surface area contributed by atoms with Gasteiger partial charge in [-0.05, 0) is 29.8 Å². The lowest BCUT2D eigenvalue weighted by molar-refractivity contribution is -0.130. The monoisotopic (exact) mass is 240 g/mol. The zero-order chi connectivity index (χ0) is 13.0. The van der Waals surface area contributed by atoms with Crippen LogP contribution in [-0.4, -0.2) is 11.1 Å². The molecule has 0 aliphatic rings. The van der Waals surface area contributed by atoms with E-state index in [1.54, 1.807) is 24.3 Å². The Kier molecular flexibility index (Phi) is 3.44. The number of hydrogen-bond donors (Lipinski definition) is 1. The molecule has 0 heterocycles. The number of rotatable bonds is 4. The van der Waals surface area contributed by atoms with Crippen LogP contribution >= 0.6 is 0 Å². The summed E-state index contributed by atoms with van der Waals surface area (Å²) in [6.45, 7) is 3.50. The topological polar surface area (TPSA) is 46.5 Å². The van der Waals surface area contributed by atoms with Gasteiger partial charge in [0, 0.05) is 0 Å². The molecular formula is C15H12O3. The predicted octanol–water partition coefficient (Wildman–Crippen LogP) is 3.58. The van der Waals surface area contributed by atoms with E-state index in [9.17, 15) is 4.79 Å². The van der Waals surface area contributed by atoms with E-state index in [4.69, 9.17) is 9.84 Å². The van der Waals surface area contributed by atoms with Crippen molar-refractivity contribution in [3.05, 3.63) is 66.7 Å². The first-order valence-electron chi connectivity index (χ1n) is 5.42. The van der Waals surface area contributed by atoms with Gasteiger partial charge in [0.05, 0.1) is 5.57 Å². The van der Waals surface area contributed by atoms with Crippen LogP contribution < -0.4 is 4.74 Å². The van der Waals surface area contributed by atoms with Crippen molar-refractivity contribution in [2.75, 3.05) is 0 Å². The van der Waals surface area contributed by atoms with Gasteiger partial charge < -0.3 is 9.84 Å². The van der Waals surface area contributed by atoms with Gasteiger partial charge in [-0.1, -0.05) is 36.9 Å². The Bertz CT molecular complexity index is 556. The van der Waals surface area contributed by atoms with Gasteiger partial charge >= 0.3 is 5.97 Å². The minimum atomic E-state index is -1.02. The lowest BCUT2D eigenvalue weighted by atomic mass is 10.1. The van der Waals surface area contributed by atoms with Crippen molar-refractivity contribution < 1.29 is 14.6 Å². The second-order valence-electron chi connectivity index (χ2n) is 3.72. The highest BCUT2D eigenvalue weighted by Crippen LogP contribution is 2.23. The zero-order valence-electron chi connectivity index (χ0n) is 9.67. The largest absolute Gasteiger partial charge is 0.478 e. The Hall–Kier alpha value is -2.55. The van der Waals surface area contributed by atoms with Crippen molar-refractivity contribution in [3.63, 3.8) is 0 Å². The van der Waals surface area contributed by atoms with Gasteiger partial charge in [0.25, 0.3) is 0 Å². The fourth-order valence-electron chi connectivity index (χ4n) is 1.47. The highest BCUT2D eigenvalue weighted by atomic mass is 16.5. The van der Waals surface area contributed by atoms with Crippen molar-refractivity contribution in [2.45, 2.75) is 0 Å². The van der Waals surface area contributed by atoms with Crippen molar-refractivity contribution in [1.82, 2.24) is 0 Å². The van der Waals surface area contributed by atoms with Crippen LogP contribution in [0.2, 0.25) is 0 Å². The molecule has 0 bridgehead atoms. The summed E-state index contributed by atoms with van der Waals surface area (Å²) in [6.07, 6.45) is 0. The third-order valence-electron chi connectivity index (χ3n) is 2.44. The number of ether oxygens (including phenoxy) is 1. The van der Waals surface area contributed by atoms with Crippen LogP contribution in [0.3, 0.4) is 0 Å². The highest BCUT2D eigenvalue weighted by Gasteiger charge is 2.06. The highest BCUT2D eigenvalue weighted by molar-refractivity contribution is 6.14. The quantitative estimate of drug-likeness (QED) is 0.831. The molecule has 0 amide bonds. The first kappa shape index (κ1) is 11.9. The van der Waals surface area contributed by atoms with Crippen molar-refractivity contribution in [2.24, 2.45) is 0 Å². The molecule has 0 unspecified atom stereocenters. The fraction of sp³-hybridized carbons (Fsp3) is 0. The van der Waals surface area contributed by atoms with E-state index in [1.165, 1.54) is 0 Å². The van der Waals surface area contributed by atoms with Crippen LogP contribution in [0.25, 0.3) is 5.57 Å². The number of carbonyl (C=O) groups is 1. The molecule has 0 aliphatic carbocycles. The van der Waals surface area contributed by atoms with Crippen molar-refractivity contribution in [1.29, 1.82) is 0 Å². The average molecular weight is 240 g/mol. The Balaban J connectivity index is 2.13. The molecule has 0 aliphatic heterocycles. The van der Waals surface area contributed by atoms with Crippen LogP contribution in [0.15, 0.2) is 61.2 Å². The van der Waals surface area contributed by atoms with Gasteiger partial charge in [-0.25, -0.2) is 4.79 Å². The molecule has 2 rings (SSSR count). The number of benzene rings is 2. The Morgan fingerprint density at radius 3 is 2.06 bits per heavy atom. The number of aliphatic carboxylic acids is 1. The lowest BCUT2D eigenvalue weighted by Crippen LogP contribution is -1.97. The molecule has 3 heteroatoms. The molecule has 0 aromatic heterocycles. The van der Waals surface area contributed by atoms with Crippen molar-refractivity contribution >= 4 is 11.5 Å². The van der Waals surface area contributed by atoms with E-state index in [-0.39, 0.29) is 5.57 Å². The molecule has 2 aromatic carbocycles. The normalized spacial score (nSPS) is 9.78. The van der Waals surface area contributed by atoms with E-state index >= 15 is 0 Å². The summed E-state index contributed by atoms with van der Waals surface area (Å²) < 4.78 is 5.60. The summed E-state index contributed by atoms with van der Waals surface area (Å²) >= 11 is 0. The molecule has 0 saturated carbocycles. The van der Waals surface area contributed by atoms with Crippen molar-refractivity contribution in [3.8, 4) is 11.5 Å². The molecular weight excluding hydrogens is 228 g/mol. The maximum atomic E-state index is 10.7. The summed E-state index contributed by atoms with van der Waals surface area (Å²) in [5, 5.41) is 8.81. The van der Waals surface area contributed by atoms with Gasteiger partial charge in [0.15, 0.2) is 0 Å². The molecule has 18 heavy (non-hydrogen) atoms. The van der Waals surface area contributed by atoms with E-state index in [0.29, 0.717) is 11.3 Å². The van der Waals surface area contributed by atoms with E-state index in [2.05, 4.69) is 6.58 Å². The fourth-order valence-corrected chi connectivity index (χ4v) is 1.47. The maximum absolute atomic E-state index is 10.7. The van der Waals surface area contributed by atoms with Gasteiger partial charge in [-0.3, -0.25) is 0 Å². The van der Waals surface area contributed by atoms with Gasteiger partial charge in [0.1, 0.15) is 11.5 Å². The second-order valence-corrected chi connectivity index (χ2v) is 3.72. The maximum Gasteiger partial charge on any atom is 0.335 e. The Morgan fingerprint density at radius 2 is 1.50 bits per heavy atom. The standard InChI is InChI=1S/C15H12O3/c1-11(15(16)17)12-7-9-14(10-8-12)18-13-5-3-2-4-6-13/h2-10H,1H2,(H,16,17). The zero-order valence-corrected chi connectivity index (χ0v) is 9.67. The molecule has 0 saturated heterocycles. The molecule has 0 spiro atoms. The number of carboxylic acids is 1. The van der Waals surface area contributed by atoms with Crippen LogP contribution in [-0.2, 0) is 4.79 Å². The summed E-state index contributed by atoms with van der Waals surface area (Å²) in [5.41, 5.74) is 0.643. The minimum absolute atomic E-state index is 0.0706. The predicted molar refractivity (Wildman–Crippen MR) is 69.6 cm³/mol. The van der Waals surface area contributed by atoms with Gasteiger partial charge in [-0.2, -0.15) is 0 Å². The smallest absolute Gasteiger partial charge is 0.335 e. The molecule has 1 N–H and O–H groups in total. The number of para-hydroxylation sites is 1. The Morgan fingerprint density at radius 1 is 0.944 bits per heavy atom. The van der Waals surface area contributed by atoms with Crippen LogP contribution in [0.5, 0.6) is 11.5 Å². The average Bonchev–Trinajstić information content (AvgIpc) is 2.40. The molecule has 0 atom stereocenters. The van der Waals surface area contributed by atoms with E-state index < -0.39 is 5.97 Å². The molecule has 2 aromatic rings. The van der Waals surface area contributed by atoms with Crippen LogP contribution in [0.1, 0.15) is 5.56 Å². The SMILES string of the molecule is C=C(C(=O)O)c1ccc(Oc2ccccc2)cc1. The van der Waals surface area contributed by atoms with Gasteiger partial charge in [-0.15, -0.1) is 0 Å². The summed E-state index contributed by atoms with van der Waals surface area (Å²) in [7, 11) is 0. The van der Waals surface area contributed by atoms with Crippen LogP contribution in [0.4, 0.5) is 0 Å². The second kappa shape index (κ2) is 5.19. The van der Waals surface area contributed by atoms with E-state index in [1.807, 2.05) is 30.3 Å². The minimum Gasteiger partial charge on any atom is -0.478 e. The molecule has 0 radical (unpaired) electrons. The number of hydrogen-bond acceptors (Lipinski definition) is 2. The van der Waals surface area contributed by atoms with E-state index in [0.717, 1.165) is 5.75 Å². The lowest BCUT2D eigenvalue weighted by Gasteiger charge is -2.06. The van der Waals surface area contributed by atoms with Crippen LogP contribution in [0, 0.1) is 0 Å². The first-order chi connectivity index (χ1) is 8.66.